The lowest BCUT2D eigenvalue weighted by Crippen LogP contribution is -2.15. The standard InChI is InChI=1S/C16H17NO4/c1-10-3-7-14(13(9-10)16(19)20)17-15(18)8-6-12-5-4-11(2)21-12/h3-5,7,9H,6,8H2,1-2H3,(H,17,18)(H,19,20). The Hall–Kier alpha value is -2.56. The van der Waals surface area contributed by atoms with E-state index in [-0.39, 0.29) is 17.9 Å². The highest BCUT2D eigenvalue weighted by atomic mass is 16.4. The molecule has 5 nitrogen and oxygen atoms in total. The van der Waals surface area contributed by atoms with Gasteiger partial charge in [-0.2, -0.15) is 0 Å². The highest BCUT2D eigenvalue weighted by Crippen LogP contribution is 2.18. The lowest BCUT2D eigenvalue weighted by Gasteiger charge is -2.09. The number of aromatic carboxylic acids is 1. The first-order valence-corrected chi connectivity index (χ1v) is 6.65. The van der Waals surface area contributed by atoms with Crippen LogP contribution in [0.5, 0.6) is 0 Å². The molecule has 0 saturated carbocycles. The number of furan rings is 1. The molecular formula is C16H17NO4. The molecule has 0 bridgehead atoms. The van der Waals surface area contributed by atoms with Crippen LogP contribution in [0.15, 0.2) is 34.7 Å². The molecule has 0 aliphatic carbocycles. The van der Waals surface area contributed by atoms with Gasteiger partial charge >= 0.3 is 5.97 Å². The van der Waals surface area contributed by atoms with Gasteiger partial charge in [0.15, 0.2) is 0 Å². The number of carboxylic acid groups (broad SMARTS) is 1. The van der Waals surface area contributed by atoms with Gasteiger partial charge in [-0.25, -0.2) is 4.79 Å². The van der Waals surface area contributed by atoms with Crippen molar-refractivity contribution in [1.29, 1.82) is 0 Å². The third kappa shape index (κ3) is 3.95. The maximum absolute atomic E-state index is 11.9. The van der Waals surface area contributed by atoms with E-state index in [1.807, 2.05) is 19.1 Å². The average molecular weight is 287 g/mol. The molecule has 0 radical (unpaired) electrons. The highest BCUT2D eigenvalue weighted by molar-refractivity contribution is 6.00. The van der Waals surface area contributed by atoms with Crippen molar-refractivity contribution in [3.05, 3.63) is 53.0 Å². The van der Waals surface area contributed by atoms with E-state index in [9.17, 15) is 9.59 Å². The number of hydrogen-bond acceptors (Lipinski definition) is 3. The number of carbonyl (C=O) groups excluding carboxylic acids is 1. The average Bonchev–Trinajstić information content (AvgIpc) is 2.84. The Morgan fingerprint density at radius 3 is 2.57 bits per heavy atom. The van der Waals surface area contributed by atoms with Crippen molar-refractivity contribution in [3.63, 3.8) is 0 Å². The number of carboxylic acids is 1. The predicted octanol–water partition coefficient (Wildman–Crippen LogP) is 3.17. The zero-order valence-corrected chi connectivity index (χ0v) is 12.0. The van der Waals surface area contributed by atoms with Gasteiger partial charge in [-0.3, -0.25) is 4.79 Å². The van der Waals surface area contributed by atoms with Crippen molar-refractivity contribution in [2.45, 2.75) is 26.7 Å². The van der Waals surface area contributed by atoms with Gasteiger partial charge in [0.25, 0.3) is 0 Å². The number of nitrogens with one attached hydrogen (secondary N) is 1. The van der Waals surface area contributed by atoms with E-state index in [2.05, 4.69) is 5.32 Å². The van der Waals surface area contributed by atoms with Crippen molar-refractivity contribution in [3.8, 4) is 0 Å². The first-order valence-electron chi connectivity index (χ1n) is 6.65. The Morgan fingerprint density at radius 1 is 1.19 bits per heavy atom. The molecule has 1 heterocycles. The molecule has 0 fully saturated rings. The molecule has 0 atom stereocenters. The van der Waals surface area contributed by atoms with Gasteiger partial charge in [0.2, 0.25) is 5.91 Å². The number of rotatable bonds is 5. The Balaban J connectivity index is 2.01. The molecule has 5 heteroatoms. The van der Waals surface area contributed by atoms with Gasteiger partial charge in [-0.05, 0) is 38.1 Å². The Kier molecular flexibility index (Phi) is 4.42. The summed E-state index contributed by atoms with van der Waals surface area (Å²) >= 11 is 0. The van der Waals surface area contributed by atoms with Crippen molar-refractivity contribution in [1.82, 2.24) is 0 Å². The molecule has 1 amide bonds. The van der Waals surface area contributed by atoms with Crippen molar-refractivity contribution < 1.29 is 19.1 Å². The summed E-state index contributed by atoms with van der Waals surface area (Å²) in [5.74, 6) is 0.244. The molecule has 2 aromatic rings. The number of aryl methyl sites for hydroxylation is 3. The van der Waals surface area contributed by atoms with E-state index in [1.54, 1.807) is 19.1 Å². The number of hydrogen-bond donors (Lipinski definition) is 2. The molecule has 0 spiro atoms. The molecule has 0 aliphatic heterocycles. The fraction of sp³-hybridized carbons (Fsp3) is 0.250. The van der Waals surface area contributed by atoms with Crippen LogP contribution in [0.2, 0.25) is 0 Å². The van der Waals surface area contributed by atoms with Crippen LogP contribution in [0.4, 0.5) is 5.69 Å². The van der Waals surface area contributed by atoms with Gasteiger partial charge in [0.05, 0.1) is 11.3 Å². The van der Waals surface area contributed by atoms with Crippen LogP contribution in [0.25, 0.3) is 0 Å². The molecule has 0 saturated heterocycles. The Bertz CT molecular complexity index is 673. The maximum atomic E-state index is 11.9. The molecule has 1 aromatic carbocycles. The summed E-state index contributed by atoms with van der Waals surface area (Å²) in [4.78, 5) is 23.1. The van der Waals surface area contributed by atoms with Crippen LogP contribution in [0, 0.1) is 13.8 Å². The van der Waals surface area contributed by atoms with E-state index in [1.165, 1.54) is 6.07 Å². The summed E-state index contributed by atoms with van der Waals surface area (Å²) < 4.78 is 5.39. The van der Waals surface area contributed by atoms with E-state index in [4.69, 9.17) is 9.52 Å². The molecule has 1 aromatic heterocycles. The van der Waals surface area contributed by atoms with Gasteiger partial charge < -0.3 is 14.8 Å². The first-order chi connectivity index (χ1) is 9.95. The van der Waals surface area contributed by atoms with Gasteiger partial charge in [0, 0.05) is 12.8 Å². The zero-order valence-electron chi connectivity index (χ0n) is 12.0. The predicted molar refractivity (Wildman–Crippen MR) is 78.5 cm³/mol. The van der Waals surface area contributed by atoms with Gasteiger partial charge in [-0.15, -0.1) is 0 Å². The first kappa shape index (κ1) is 14.8. The van der Waals surface area contributed by atoms with Crippen LogP contribution in [-0.2, 0) is 11.2 Å². The third-order valence-corrected chi connectivity index (χ3v) is 3.07. The lowest BCUT2D eigenvalue weighted by molar-refractivity contribution is -0.116. The maximum Gasteiger partial charge on any atom is 0.337 e. The number of benzene rings is 1. The zero-order chi connectivity index (χ0) is 15.4. The number of carbonyl (C=O) groups is 2. The highest BCUT2D eigenvalue weighted by Gasteiger charge is 2.13. The van der Waals surface area contributed by atoms with Crippen molar-refractivity contribution in [2.75, 3.05) is 5.32 Å². The second kappa shape index (κ2) is 6.26. The summed E-state index contributed by atoms with van der Waals surface area (Å²) in [5, 5.41) is 11.8. The second-order valence-corrected chi connectivity index (χ2v) is 4.91. The second-order valence-electron chi connectivity index (χ2n) is 4.91. The van der Waals surface area contributed by atoms with Crippen LogP contribution in [0.1, 0.15) is 33.9 Å². The van der Waals surface area contributed by atoms with Crippen molar-refractivity contribution >= 4 is 17.6 Å². The SMILES string of the molecule is Cc1ccc(NC(=O)CCc2ccc(C)o2)c(C(=O)O)c1. The molecule has 2 rings (SSSR count). The number of anilines is 1. The largest absolute Gasteiger partial charge is 0.478 e. The number of amides is 1. The van der Waals surface area contributed by atoms with Crippen LogP contribution in [-0.4, -0.2) is 17.0 Å². The molecule has 0 aliphatic rings. The monoisotopic (exact) mass is 287 g/mol. The van der Waals surface area contributed by atoms with Crippen molar-refractivity contribution in [2.24, 2.45) is 0 Å². The van der Waals surface area contributed by atoms with Gasteiger partial charge in [-0.1, -0.05) is 11.6 Å². The summed E-state index contributed by atoms with van der Waals surface area (Å²) in [5.41, 5.74) is 1.24. The Morgan fingerprint density at radius 2 is 1.95 bits per heavy atom. The lowest BCUT2D eigenvalue weighted by atomic mass is 10.1. The minimum atomic E-state index is -1.06. The summed E-state index contributed by atoms with van der Waals surface area (Å²) in [6.07, 6.45) is 0.716. The molecule has 21 heavy (non-hydrogen) atoms. The summed E-state index contributed by atoms with van der Waals surface area (Å²) in [6.45, 7) is 3.65. The quantitative estimate of drug-likeness (QED) is 0.885. The minimum absolute atomic E-state index is 0.0946. The summed E-state index contributed by atoms with van der Waals surface area (Å²) in [7, 11) is 0. The van der Waals surface area contributed by atoms with E-state index >= 15 is 0 Å². The third-order valence-electron chi connectivity index (χ3n) is 3.07. The summed E-state index contributed by atoms with van der Waals surface area (Å²) in [6, 6.07) is 8.58. The van der Waals surface area contributed by atoms with E-state index in [0.29, 0.717) is 12.1 Å². The topological polar surface area (TPSA) is 79.5 Å². The van der Waals surface area contributed by atoms with Gasteiger partial charge in [0.1, 0.15) is 11.5 Å². The fourth-order valence-electron chi connectivity index (χ4n) is 2.01. The van der Waals surface area contributed by atoms with Crippen LogP contribution in [0.3, 0.4) is 0 Å². The van der Waals surface area contributed by atoms with Crippen LogP contribution >= 0.6 is 0 Å². The molecule has 110 valence electrons. The normalized spacial score (nSPS) is 10.4. The van der Waals surface area contributed by atoms with Crippen LogP contribution < -0.4 is 5.32 Å². The molecule has 0 unspecified atom stereocenters. The van der Waals surface area contributed by atoms with E-state index < -0.39 is 5.97 Å². The minimum Gasteiger partial charge on any atom is -0.478 e. The fourth-order valence-corrected chi connectivity index (χ4v) is 2.01. The smallest absolute Gasteiger partial charge is 0.337 e. The van der Waals surface area contributed by atoms with E-state index in [0.717, 1.165) is 17.1 Å². The molecule has 2 N–H and O–H groups in total. The molecular weight excluding hydrogens is 270 g/mol. The Labute approximate surface area is 122 Å².